The van der Waals surface area contributed by atoms with E-state index >= 15 is 0 Å². The van der Waals surface area contributed by atoms with Gasteiger partial charge in [0, 0.05) is 0 Å². The lowest BCUT2D eigenvalue weighted by molar-refractivity contribution is -0.140. The predicted molar refractivity (Wildman–Crippen MR) is 119 cm³/mol. The molecule has 0 saturated carbocycles. The Hall–Kier alpha value is -3.53. The molecule has 2 aromatic rings. The van der Waals surface area contributed by atoms with Crippen LogP contribution in [0.2, 0.25) is 0 Å². The van der Waals surface area contributed by atoms with Gasteiger partial charge in [0.05, 0.1) is 34.7 Å². The number of fused-ring (bicyclic) bond motifs is 1. The number of carbonyl (C=O) groups excluding carboxylic acids is 3. The smallest absolute Gasteiger partial charge is 0.262 e. The van der Waals surface area contributed by atoms with Crippen LogP contribution in [0.25, 0.3) is 0 Å². The van der Waals surface area contributed by atoms with Gasteiger partial charge in [0.25, 0.3) is 11.8 Å². The van der Waals surface area contributed by atoms with Crippen molar-refractivity contribution >= 4 is 17.7 Å². The minimum atomic E-state index is -1.01. The summed E-state index contributed by atoms with van der Waals surface area (Å²) in [6.45, 7) is 5.30. The van der Waals surface area contributed by atoms with Crippen molar-refractivity contribution in [2.45, 2.75) is 58.2 Å². The van der Waals surface area contributed by atoms with Crippen molar-refractivity contribution < 1.29 is 18.8 Å². The van der Waals surface area contributed by atoms with Crippen LogP contribution in [0.1, 0.15) is 72.4 Å². The molecule has 2 aliphatic heterocycles. The summed E-state index contributed by atoms with van der Waals surface area (Å²) in [6.07, 6.45) is 1.35. The van der Waals surface area contributed by atoms with Crippen molar-refractivity contribution in [1.29, 1.82) is 5.26 Å². The molecule has 170 valence electrons. The van der Waals surface area contributed by atoms with Crippen LogP contribution < -0.4 is 0 Å². The Kier molecular flexibility index (Phi) is 5.79. The van der Waals surface area contributed by atoms with Crippen molar-refractivity contribution in [1.82, 2.24) is 9.80 Å². The van der Waals surface area contributed by atoms with Gasteiger partial charge in [0.2, 0.25) is 5.91 Å². The van der Waals surface area contributed by atoms with E-state index < -0.39 is 47.1 Å². The Labute approximate surface area is 192 Å². The van der Waals surface area contributed by atoms with Gasteiger partial charge >= 0.3 is 0 Å². The zero-order chi connectivity index (χ0) is 23.9. The number of nitriles is 1. The lowest BCUT2D eigenvalue weighted by atomic mass is 9.84. The number of nitrogens with zero attached hydrogens (tertiary/aromatic N) is 3. The number of carbonyl (C=O) groups is 3. The predicted octanol–water partition coefficient (Wildman–Crippen LogP) is 4.48. The summed E-state index contributed by atoms with van der Waals surface area (Å²) < 4.78 is 14.0. The highest BCUT2D eigenvalue weighted by atomic mass is 19.1. The minimum Gasteiger partial charge on any atom is -0.329 e. The number of amides is 3. The van der Waals surface area contributed by atoms with Gasteiger partial charge in [0.1, 0.15) is 11.9 Å². The quantitative estimate of drug-likeness (QED) is 0.633. The normalized spacial score (nSPS) is 21.2. The third-order valence-electron chi connectivity index (χ3n) is 6.80. The zero-order valence-electron chi connectivity index (χ0n) is 18.9. The summed E-state index contributed by atoms with van der Waals surface area (Å²) >= 11 is 0. The first-order chi connectivity index (χ1) is 15.7. The van der Waals surface area contributed by atoms with Gasteiger partial charge in [0.15, 0.2) is 0 Å². The van der Waals surface area contributed by atoms with E-state index in [1.54, 1.807) is 62.1 Å². The number of halogens is 1. The summed E-state index contributed by atoms with van der Waals surface area (Å²) in [5.74, 6) is -1.79. The van der Waals surface area contributed by atoms with Crippen LogP contribution in [0.3, 0.4) is 0 Å². The average Bonchev–Trinajstić information content (AvgIpc) is 3.36. The molecule has 0 aromatic heterocycles. The third-order valence-corrected chi connectivity index (χ3v) is 6.80. The molecule has 2 aliphatic rings. The third kappa shape index (κ3) is 3.70. The molecule has 0 bridgehead atoms. The standard InChI is InChI=1S/C26H26FN3O3/c1-4-20(30-23(31)18-10-5-6-11-19(18)24(30)32)25(33)29-21(16-8-7-9-17(27)14-16)12-13-22(29)26(2,3)15-28/h5-11,14,20-22H,4,12-13H2,1-3H3/t20?,21-,22+/m0/s1. The fourth-order valence-corrected chi connectivity index (χ4v) is 5.07. The molecule has 0 aliphatic carbocycles. The molecule has 1 saturated heterocycles. The van der Waals surface area contributed by atoms with Crippen molar-refractivity contribution in [3.8, 4) is 6.07 Å². The molecule has 0 radical (unpaired) electrons. The van der Waals surface area contributed by atoms with Crippen LogP contribution in [0, 0.1) is 22.6 Å². The van der Waals surface area contributed by atoms with Crippen LogP contribution in [0.5, 0.6) is 0 Å². The number of benzene rings is 2. The maximum atomic E-state index is 14.0. The van der Waals surface area contributed by atoms with E-state index in [1.807, 2.05) is 0 Å². The van der Waals surface area contributed by atoms with E-state index in [0.29, 0.717) is 18.4 Å². The summed E-state index contributed by atoms with van der Waals surface area (Å²) in [7, 11) is 0. The van der Waals surface area contributed by atoms with Crippen LogP contribution in [-0.2, 0) is 4.79 Å². The zero-order valence-corrected chi connectivity index (χ0v) is 18.9. The van der Waals surface area contributed by atoms with Crippen molar-refractivity contribution in [2.24, 2.45) is 5.41 Å². The number of rotatable bonds is 5. The number of hydrogen-bond acceptors (Lipinski definition) is 4. The highest BCUT2D eigenvalue weighted by Crippen LogP contribution is 2.44. The maximum absolute atomic E-state index is 14.0. The second-order valence-electron chi connectivity index (χ2n) is 9.19. The maximum Gasteiger partial charge on any atom is 0.262 e. The van der Waals surface area contributed by atoms with Crippen LogP contribution in [0.4, 0.5) is 4.39 Å². The van der Waals surface area contributed by atoms with Crippen LogP contribution >= 0.6 is 0 Å². The molecule has 4 rings (SSSR count). The Morgan fingerprint density at radius 2 is 1.76 bits per heavy atom. The van der Waals surface area contributed by atoms with Gasteiger partial charge in [-0.25, -0.2) is 4.39 Å². The molecular formula is C26H26FN3O3. The molecule has 1 unspecified atom stereocenters. The Morgan fingerprint density at radius 3 is 2.30 bits per heavy atom. The first-order valence-electron chi connectivity index (χ1n) is 11.2. The molecule has 2 heterocycles. The van der Waals surface area contributed by atoms with Crippen molar-refractivity contribution in [3.05, 3.63) is 71.0 Å². The molecule has 0 N–H and O–H groups in total. The molecule has 2 aromatic carbocycles. The Bertz CT molecular complexity index is 1130. The van der Waals surface area contributed by atoms with E-state index in [9.17, 15) is 24.0 Å². The van der Waals surface area contributed by atoms with E-state index in [1.165, 1.54) is 12.1 Å². The van der Waals surface area contributed by atoms with Gasteiger partial charge in [-0.15, -0.1) is 0 Å². The van der Waals surface area contributed by atoms with Crippen molar-refractivity contribution in [2.75, 3.05) is 0 Å². The topological polar surface area (TPSA) is 81.5 Å². The molecule has 3 amide bonds. The fourth-order valence-electron chi connectivity index (χ4n) is 5.07. The Morgan fingerprint density at radius 1 is 1.12 bits per heavy atom. The largest absolute Gasteiger partial charge is 0.329 e. The molecule has 1 fully saturated rings. The lowest BCUT2D eigenvalue weighted by Gasteiger charge is -2.39. The fraction of sp³-hybridized carbons (Fsp3) is 0.385. The SMILES string of the molecule is CCC(C(=O)N1[C@H](c2cccc(F)c2)CC[C@@H]1C(C)(C)C#N)N1C(=O)c2ccccc2C1=O. The summed E-state index contributed by atoms with van der Waals surface area (Å²) in [5.41, 5.74) is 0.339. The molecule has 0 spiro atoms. The second kappa shape index (κ2) is 8.43. The van der Waals surface area contributed by atoms with Crippen LogP contribution in [-0.4, -0.2) is 39.6 Å². The van der Waals surface area contributed by atoms with Crippen LogP contribution in [0.15, 0.2) is 48.5 Å². The number of imide groups is 1. The lowest BCUT2D eigenvalue weighted by Crippen LogP contribution is -2.54. The van der Waals surface area contributed by atoms with Gasteiger partial charge in [-0.05, 0) is 62.9 Å². The van der Waals surface area contributed by atoms with Gasteiger partial charge < -0.3 is 4.90 Å². The van der Waals surface area contributed by atoms with E-state index in [2.05, 4.69) is 6.07 Å². The number of hydrogen-bond donors (Lipinski definition) is 0. The minimum absolute atomic E-state index is 0.233. The van der Waals surface area contributed by atoms with Gasteiger partial charge in [-0.3, -0.25) is 19.3 Å². The van der Waals surface area contributed by atoms with Gasteiger partial charge in [-0.1, -0.05) is 31.2 Å². The molecule has 7 heteroatoms. The highest BCUT2D eigenvalue weighted by Gasteiger charge is 2.50. The molecular weight excluding hydrogens is 421 g/mol. The highest BCUT2D eigenvalue weighted by molar-refractivity contribution is 6.22. The first-order valence-corrected chi connectivity index (χ1v) is 11.2. The number of likely N-dealkylation sites (tertiary alicyclic amines) is 1. The summed E-state index contributed by atoms with van der Waals surface area (Å²) in [4.78, 5) is 42.9. The van der Waals surface area contributed by atoms with E-state index in [-0.39, 0.29) is 17.5 Å². The molecule has 6 nitrogen and oxygen atoms in total. The van der Waals surface area contributed by atoms with E-state index in [0.717, 1.165) is 4.90 Å². The van der Waals surface area contributed by atoms with E-state index in [4.69, 9.17) is 0 Å². The first kappa shape index (κ1) is 22.7. The van der Waals surface area contributed by atoms with Gasteiger partial charge in [-0.2, -0.15) is 5.26 Å². The Balaban J connectivity index is 1.75. The molecule has 33 heavy (non-hydrogen) atoms. The monoisotopic (exact) mass is 447 g/mol. The second-order valence-corrected chi connectivity index (χ2v) is 9.19. The average molecular weight is 448 g/mol. The summed E-state index contributed by atoms with van der Waals surface area (Å²) in [6, 6.07) is 13.0. The summed E-state index contributed by atoms with van der Waals surface area (Å²) in [5, 5.41) is 9.80. The molecule has 3 atom stereocenters. The van der Waals surface area contributed by atoms with Crippen molar-refractivity contribution in [3.63, 3.8) is 0 Å².